The van der Waals surface area contributed by atoms with Crippen molar-refractivity contribution in [3.05, 3.63) is 101 Å². The molecule has 2 aromatic heterocycles. The molecule has 0 atom stereocenters. The summed E-state index contributed by atoms with van der Waals surface area (Å²) < 4.78 is 11.7. The molecule has 0 spiro atoms. The van der Waals surface area contributed by atoms with Crippen molar-refractivity contribution in [3.8, 4) is 22.8 Å². The van der Waals surface area contributed by atoms with Gasteiger partial charge in [-0.15, -0.1) is 0 Å². The molecule has 0 fully saturated rings. The predicted octanol–water partition coefficient (Wildman–Crippen LogP) is 7.68. The Labute approximate surface area is 201 Å². The lowest BCUT2D eigenvalue weighted by Gasteiger charge is -2.01. The Kier molecular flexibility index (Phi) is 5.78. The molecule has 0 bridgehead atoms. The lowest BCUT2D eigenvalue weighted by molar-refractivity contribution is -0.111. The van der Waals surface area contributed by atoms with Crippen LogP contribution in [-0.4, -0.2) is 10.9 Å². The number of halogens is 1. The topological polar surface area (TPSA) is 68.3 Å². The van der Waals surface area contributed by atoms with Crippen molar-refractivity contribution in [2.45, 2.75) is 13.8 Å². The number of benzene rings is 3. The fraction of sp³-hybridized carbons (Fsp3) is 0.0714. The number of hydrogen-bond donors (Lipinski definition) is 1. The van der Waals surface area contributed by atoms with Crippen LogP contribution in [0.3, 0.4) is 0 Å². The number of aryl methyl sites for hydroxylation is 2. The van der Waals surface area contributed by atoms with Crippen LogP contribution in [0, 0.1) is 13.8 Å². The van der Waals surface area contributed by atoms with Crippen LogP contribution in [0.5, 0.6) is 0 Å². The molecule has 0 saturated heterocycles. The number of carbonyl (C=O) groups excluding carboxylic acids is 1. The zero-order valence-electron chi connectivity index (χ0n) is 18.6. The van der Waals surface area contributed by atoms with Gasteiger partial charge in [0, 0.05) is 27.9 Å². The lowest BCUT2D eigenvalue weighted by atomic mass is 10.1. The Bertz CT molecular complexity index is 1530. The summed E-state index contributed by atoms with van der Waals surface area (Å²) in [5.41, 5.74) is 6.19. The summed E-state index contributed by atoms with van der Waals surface area (Å²) >= 11 is 5.93. The first kappa shape index (κ1) is 21.7. The molecule has 5 nitrogen and oxygen atoms in total. The summed E-state index contributed by atoms with van der Waals surface area (Å²) in [6, 6.07) is 22.5. The number of nitrogens with one attached hydrogen (secondary N) is 1. The Morgan fingerprint density at radius 1 is 0.882 bits per heavy atom. The van der Waals surface area contributed by atoms with E-state index in [-0.39, 0.29) is 5.91 Å². The van der Waals surface area contributed by atoms with Crippen molar-refractivity contribution in [2.24, 2.45) is 0 Å². The summed E-state index contributed by atoms with van der Waals surface area (Å²) in [5, 5.41) is 3.52. The molecule has 0 radical (unpaired) electrons. The SMILES string of the molecule is Cc1ccc(-c2nc3cc(NC(=O)/C=C/c4ccc(-c5ccc(Cl)cc5)o4)ccc3o2)cc1C. The van der Waals surface area contributed by atoms with E-state index in [1.165, 1.54) is 17.2 Å². The molecule has 1 N–H and O–H groups in total. The van der Waals surface area contributed by atoms with Gasteiger partial charge < -0.3 is 14.2 Å². The fourth-order valence-corrected chi connectivity index (χ4v) is 3.68. The van der Waals surface area contributed by atoms with Gasteiger partial charge in [-0.1, -0.05) is 17.7 Å². The molecular formula is C28H21ClN2O3. The van der Waals surface area contributed by atoms with E-state index in [1.54, 1.807) is 36.4 Å². The van der Waals surface area contributed by atoms with Gasteiger partial charge in [0.2, 0.25) is 11.8 Å². The van der Waals surface area contributed by atoms with Crippen LogP contribution in [0.4, 0.5) is 5.69 Å². The number of amides is 1. The average Bonchev–Trinajstić information content (AvgIpc) is 3.47. The number of rotatable bonds is 5. The highest BCUT2D eigenvalue weighted by Gasteiger charge is 2.10. The van der Waals surface area contributed by atoms with Crippen LogP contribution >= 0.6 is 11.6 Å². The highest BCUT2D eigenvalue weighted by Crippen LogP contribution is 2.28. The van der Waals surface area contributed by atoms with E-state index in [1.807, 2.05) is 30.3 Å². The molecule has 34 heavy (non-hydrogen) atoms. The first-order chi connectivity index (χ1) is 16.4. The number of nitrogens with zero attached hydrogens (tertiary/aromatic N) is 1. The molecule has 5 aromatic rings. The smallest absolute Gasteiger partial charge is 0.248 e. The number of carbonyl (C=O) groups is 1. The second-order valence-electron chi connectivity index (χ2n) is 8.03. The van der Waals surface area contributed by atoms with Gasteiger partial charge in [-0.25, -0.2) is 4.98 Å². The van der Waals surface area contributed by atoms with Crippen LogP contribution in [0.25, 0.3) is 40.0 Å². The highest BCUT2D eigenvalue weighted by molar-refractivity contribution is 6.30. The van der Waals surface area contributed by atoms with Crippen LogP contribution in [0.2, 0.25) is 5.02 Å². The predicted molar refractivity (Wildman–Crippen MR) is 136 cm³/mol. The monoisotopic (exact) mass is 468 g/mol. The quantitative estimate of drug-likeness (QED) is 0.268. The number of fused-ring (bicyclic) bond motifs is 1. The maximum absolute atomic E-state index is 12.4. The number of furan rings is 1. The molecule has 1 amide bonds. The van der Waals surface area contributed by atoms with Gasteiger partial charge in [0.15, 0.2) is 5.58 Å². The summed E-state index contributed by atoms with van der Waals surface area (Å²) in [7, 11) is 0. The van der Waals surface area contributed by atoms with E-state index in [0.29, 0.717) is 39.2 Å². The normalized spacial score (nSPS) is 11.4. The summed E-state index contributed by atoms with van der Waals surface area (Å²) in [6.45, 7) is 4.13. The van der Waals surface area contributed by atoms with E-state index in [9.17, 15) is 4.79 Å². The first-order valence-corrected chi connectivity index (χ1v) is 11.2. The highest BCUT2D eigenvalue weighted by atomic mass is 35.5. The second kappa shape index (κ2) is 9.04. The summed E-state index contributed by atoms with van der Waals surface area (Å²) in [5.74, 6) is 1.55. The maximum atomic E-state index is 12.4. The van der Waals surface area contributed by atoms with Gasteiger partial charge in [0.1, 0.15) is 17.0 Å². The van der Waals surface area contributed by atoms with Gasteiger partial charge in [0.25, 0.3) is 0 Å². The zero-order chi connectivity index (χ0) is 23.7. The molecule has 168 valence electrons. The van der Waals surface area contributed by atoms with Gasteiger partial charge in [0.05, 0.1) is 0 Å². The summed E-state index contributed by atoms with van der Waals surface area (Å²) in [4.78, 5) is 17.0. The Morgan fingerprint density at radius 2 is 1.68 bits per heavy atom. The average molecular weight is 469 g/mol. The largest absolute Gasteiger partial charge is 0.457 e. The van der Waals surface area contributed by atoms with Crippen LogP contribution < -0.4 is 5.32 Å². The van der Waals surface area contributed by atoms with Gasteiger partial charge >= 0.3 is 0 Å². The van der Waals surface area contributed by atoms with Crippen molar-refractivity contribution in [3.63, 3.8) is 0 Å². The molecule has 0 saturated carbocycles. The number of oxazole rings is 1. The fourth-order valence-electron chi connectivity index (χ4n) is 3.56. The molecule has 0 aliphatic heterocycles. The lowest BCUT2D eigenvalue weighted by Crippen LogP contribution is -2.07. The molecule has 3 aromatic carbocycles. The van der Waals surface area contributed by atoms with Crippen molar-refractivity contribution in [1.82, 2.24) is 4.98 Å². The molecule has 0 unspecified atom stereocenters. The van der Waals surface area contributed by atoms with Gasteiger partial charge in [-0.2, -0.15) is 0 Å². The van der Waals surface area contributed by atoms with E-state index in [4.69, 9.17) is 20.4 Å². The molecule has 5 rings (SSSR count). The Balaban J connectivity index is 1.28. The summed E-state index contributed by atoms with van der Waals surface area (Å²) in [6.07, 6.45) is 3.05. The third-order valence-electron chi connectivity index (χ3n) is 5.56. The second-order valence-corrected chi connectivity index (χ2v) is 8.47. The standard InChI is InChI=1S/C28H21ClN2O3/c1-17-3-4-20(15-18(17)2)28-31-24-16-22(9-12-26(24)34-28)30-27(32)14-11-23-10-13-25(33-23)19-5-7-21(29)8-6-19/h3-16H,1-2H3,(H,30,32)/b14-11+. The maximum Gasteiger partial charge on any atom is 0.248 e. The van der Waals surface area contributed by atoms with Crippen molar-refractivity contribution in [2.75, 3.05) is 5.32 Å². The van der Waals surface area contributed by atoms with E-state index >= 15 is 0 Å². The van der Waals surface area contributed by atoms with Gasteiger partial charge in [-0.3, -0.25) is 4.79 Å². The van der Waals surface area contributed by atoms with Crippen LogP contribution in [0.1, 0.15) is 16.9 Å². The van der Waals surface area contributed by atoms with Crippen molar-refractivity contribution >= 4 is 40.4 Å². The number of hydrogen-bond acceptors (Lipinski definition) is 4. The molecule has 0 aliphatic rings. The number of anilines is 1. The van der Waals surface area contributed by atoms with E-state index < -0.39 is 0 Å². The van der Waals surface area contributed by atoms with Crippen LogP contribution in [0.15, 0.2) is 87.7 Å². The minimum Gasteiger partial charge on any atom is -0.457 e. The number of aromatic nitrogens is 1. The van der Waals surface area contributed by atoms with Gasteiger partial charge in [-0.05, 0) is 97.8 Å². The Hall–Kier alpha value is -4.09. The van der Waals surface area contributed by atoms with Crippen molar-refractivity contribution < 1.29 is 13.6 Å². The molecular weight excluding hydrogens is 448 g/mol. The Morgan fingerprint density at radius 3 is 2.47 bits per heavy atom. The third-order valence-corrected chi connectivity index (χ3v) is 5.82. The van der Waals surface area contributed by atoms with Crippen molar-refractivity contribution in [1.29, 1.82) is 0 Å². The van der Waals surface area contributed by atoms with E-state index in [2.05, 4.69) is 36.3 Å². The van der Waals surface area contributed by atoms with E-state index in [0.717, 1.165) is 11.1 Å². The third kappa shape index (κ3) is 4.65. The minimum absolute atomic E-state index is 0.276. The minimum atomic E-state index is -0.276. The molecule has 0 aliphatic carbocycles. The zero-order valence-corrected chi connectivity index (χ0v) is 19.4. The van der Waals surface area contributed by atoms with Crippen LogP contribution in [-0.2, 0) is 4.79 Å². The molecule has 6 heteroatoms. The first-order valence-electron chi connectivity index (χ1n) is 10.8. The molecule has 2 heterocycles.